The molecule has 4 heteroatoms. The first-order valence-electron chi connectivity index (χ1n) is 4.72. The van der Waals surface area contributed by atoms with Crippen LogP contribution in [0.4, 0.5) is 0 Å². The van der Waals surface area contributed by atoms with Crippen LogP contribution in [-0.4, -0.2) is 34.6 Å². The van der Waals surface area contributed by atoms with Gasteiger partial charge in [-0.2, -0.15) is 5.26 Å². The lowest BCUT2D eigenvalue weighted by Gasteiger charge is -2.28. The molecule has 0 bridgehead atoms. The molecule has 0 saturated carbocycles. The molecular weight excluding hydrogens is 180 g/mol. The Bertz CT molecular complexity index is 237. The average Bonchev–Trinajstić information content (AvgIpc) is 2.10. The highest BCUT2D eigenvalue weighted by atomic mass is 16.3. The van der Waals surface area contributed by atoms with Gasteiger partial charge >= 0.3 is 0 Å². The fourth-order valence-electron chi connectivity index (χ4n) is 1.14. The van der Waals surface area contributed by atoms with Crippen molar-refractivity contribution in [3.63, 3.8) is 0 Å². The lowest BCUT2D eigenvalue weighted by atomic mass is 10.1. The number of nitrogens with zero attached hydrogens (tertiary/aromatic N) is 2. The standard InChI is InChI=1S/C10H18N2O2/c1-5-12(7-10(3,4)14)9(13)8(2)6-11/h8,14H,5,7H2,1-4H3. The maximum absolute atomic E-state index is 11.6. The fraction of sp³-hybridized carbons (Fsp3) is 0.800. The summed E-state index contributed by atoms with van der Waals surface area (Å²) in [5.41, 5.74) is -0.916. The molecule has 1 unspecified atom stereocenters. The van der Waals surface area contributed by atoms with E-state index in [1.54, 1.807) is 20.8 Å². The summed E-state index contributed by atoms with van der Waals surface area (Å²) in [4.78, 5) is 13.1. The van der Waals surface area contributed by atoms with Gasteiger partial charge in [-0.1, -0.05) is 0 Å². The predicted molar refractivity (Wildman–Crippen MR) is 53.3 cm³/mol. The molecule has 1 atom stereocenters. The molecule has 0 fully saturated rings. The van der Waals surface area contributed by atoms with Crippen LogP contribution in [0, 0.1) is 17.2 Å². The minimum absolute atomic E-state index is 0.225. The Hall–Kier alpha value is -1.08. The Labute approximate surface area is 85.1 Å². The minimum atomic E-state index is -0.916. The summed E-state index contributed by atoms with van der Waals surface area (Å²) in [7, 11) is 0. The van der Waals surface area contributed by atoms with Gasteiger partial charge in [-0.3, -0.25) is 4.79 Å². The molecule has 0 heterocycles. The smallest absolute Gasteiger partial charge is 0.239 e. The van der Waals surface area contributed by atoms with Gasteiger partial charge in [-0.25, -0.2) is 0 Å². The number of carbonyl (C=O) groups is 1. The fourth-order valence-corrected chi connectivity index (χ4v) is 1.14. The molecular formula is C10H18N2O2. The van der Waals surface area contributed by atoms with Crippen LogP contribution < -0.4 is 0 Å². The quantitative estimate of drug-likeness (QED) is 0.725. The normalized spacial score (nSPS) is 13.1. The van der Waals surface area contributed by atoms with Crippen molar-refractivity contribution >= 4 is 5.91 Å². The molecule has 14 heavy (non-hydrogen) atoms. The van der Waals surface area contributed by atoms with Gasteiger partial charge in [0, 0.05) is 13.1 Å². The van der Waals surface area contributed by atoms with Crippen LogP contribution in [0.2, 0.25) is 0 Å². The lowest BCUT2D eigenvalue weighted by molar-refractivity contribution is -0.136. The van der Waals surface area contributed by atoms with Gasteiger partial charge in [0.05, 0.1) is 11.7 Å². The van der Waals surface area contributed by atoms with Gasteiger partial charge in [-0.05, 0) is 27.7 Å². The van der Waals surface area contributed by atoms with E-state index in [0.29, 0.717) is 6.54 Å². The van der Waals surface area contributed by atoms with Crippen molar-refractivity contribution < 1.29 is 9.90 Å². The highest BCUT2D eigenvalue weighted by Gasteiger charge is 2.24. The molecule has 80 valence electrons. The topological polar surface area (TPSA) is 64.3 Å². The van der Waals surface area contributed by atoms with E-state index in [1.807, 2.05) is 13.0 Å². The molecule has 0 aliphatic rings. The number of carbonyl (C=O) groups excluding carboxylic acids is 1. The van der Waals surface area contributed by atoms with E-state index in [0.717, 1.165) is 0 Å². The molecule has 0 aliphatic carbocycles. The third-order valence-electron chi connectivity index (χ3n) is 1.84. The number of aliphatic hydroxyl groups is 1. The van der Waals surface area contributed by atoms with E-state index in [-0.39, 0.29) is 12.5 Å². The Kier molecular flexibility index (Phi) is 4.58. The van der Waals surface area contributed by atoms with E-state index in [9.17, 15) is 9.90 Å². The summed E-state index contributed by atoms with van der Waals surface area (Å²) < 4.78 is 0. The summed E-state index contributed by atoms with van der Waals surface area (Å²) in [5, 5.41) is 18.1. The van der Waals surface area contributed by atoms with Crippen LogP contribution in [0.1, 0.15) is 27.7 Å². The molecule has 1 N–H and O–H groups in total. The Morgan fingerprint density at radius 2 is 2.14 bits per heavy atom. The molecule has 0 spiro atoms. The Balaban J connectivity index is 4.44. The van der Waals surface area contributed by atoms with Crippen molar-refractivity contribution in [2.45, 2.75) is 33.3 Å². The van der Waals surface area contributed by atoms with Crippen molar-refractivity contribution in [2.24, 2.45) is 5.92 Å². The highest BCUT2D eigenvalue weighted by molar-refractivity contribution is 5.80. The summed E-state index contributed by atoms with van der Waals surface area (Å²) in [6, 6.07) is 1.89. The maximum atomic E-state index is 11.6. The number of nitriles is 1. The zero-order valence-corrected chi connectivity index (χ0v) is 9.24. The summed E-state index contributed by atoms with van der Waals surface area (Å²) >= 11 is 0. The van der Waals surface area contributed by atoms with Crippen molar-refractivity contribution in [3.8, 4) is 6.07 Å². The number of hydrogen-bond acceptors (Lipinski definition) is 3. The molecule has 0 saturated heterocycles. The van der Waals surface area contributed by atoms with Gasteiger partial charge in [0.2, 0.25) is 5.91 Å². The summed E-state index contributed by atoms with van der Waals surface area (Å²) in [6.07, 6.45) is 0. The van der Waals surface area contributed by atoms with Crippen LogP contribution in [0.25, 0.3) is 0 Å². The molecule has 0 rings (SSSR count). The van der Waals surface area contributed by atoms with Gasteiger partial charge in [0.25, 0.3) is 0 Å². The third kappa shape index (κ3) is 4.24. The van der Waals surface area contributed by atoms with Crippen LogP contribution in [0.3, 0.4) is 0 Å². The largest absolute Gasteiger partial charge is 0.389 e. The molecule has 0 aromatic rings. The first-order valence-corrected chi connectivity index (χ1v) is 4.72. The van der Waals surface area contributed by atoms with Gasteiger partial charge in [0.15, 0.2) is 0 Å². The van der Waals surface area contributed by atoms with Crippen LogP contribution in [0.15, 0.2) is 0 Å². The van der Waals surface area contributed by atoms with E-state index >= 15 is 0 Å². The number of amides is 1. The highest BCUT2D eigenvalue weighted by Crippen LogP contribution is 2.08. The molecule has 0 aromatic carbocycles. The van der Waals surface area contributed by atoms with Crippen molar-refractivity contribution in [2.75, 3.05) is 13.1 Å². The number of likely N-dealkylation sites (N-methyl/N-ethyl adjacent to an activating group) is 1. The van der Waals surface area contributed by atoms with Gasteiger partial charge < -0.3 is 10.0 Å². The Morgan fingerprint density at radius 3 is 2.43 bits per heavy atom. The van der Waals surface area contributed by atoms with E-state index in [2.05, 4.69) is 0 Å². The van der Waals surface area contributed by atoms with Gasteiger partial charge in [0.1, 0.15) is 5.92 Å². The molecule has 0 radical (unpaired) electrons. The molecule has 0 aromatic heterocycles. The summed E-state index contributed by atoms with van der Waals surface area (Å²) in [6.45, 7) is 7.44. The molecule has 0 aliphatic heterocycles. The number of hydrogen-bond donors (Lipinski definition) is 1. The lowest BCUT2D eigenvalue weighted by Crippen LogP contribution is -2.43. The monoisotopic (exact) mass is 198 g/mol. The second kappa shape index (κ2) is 4.97. The van der Waals surface area contributed by atoms with Crippen LogP contribution >= 0.6 is 0 Å². The van der Waals surface area contributed by atoms with E-state index < -0.39 is 11.5 Å². The minimum Gasteiger partial charge on any atom is -0.389 e. The Morgan fingerprint density at radius 1 is 1.64 bits per heavy atom. The maximum Gasteiger partial charge on any atom is 0.239 e. The van der Waals surface area contributed by atoms with Crippen molar-refractivity contribution in [1.82, 2.24) is 4.90 Å². The third-order valence-corrected chi connectivity index (χ3v) is 1.84. The van der Waals surface area contributed by atoms with Crippen molar-refractivity contribution in [1.29, 1.82) is 5.26 Å². The second-order valence-electron chi connectivity index (χ2n) is 4.02. The zero-order valence-electron chi connectivity index (χ0n) is 9.24. The van der Waals surface area contributed by atoms with Crippen LogP contribution in [-0.2, 0) is 4.79 Å². The van der Waals surface area contributed by atoms with E-state index in [4.69, 9.17) is 5.26 Å². The first-order chi connectivity index (χ1) is 6.31. The summed E-state index contributed by atoms with van der Waals surface area (Å²) in [5.74, 6) is -0.866. The SMILES string of the molecule is CCN(CC(C)(C)O)C(=O)C(C)C#N. The zero-order chi connectivity index (χ0) is 11.4. The predicted octanol–water partition coefficient (Wildman–Crippen LogP) is 0.765. The second-order valence-corrected chi connectivity index (χ2v) is 4.02. The van der Waals surface area contributed by atoms with Crippen LogP contribution in [0.5, 0.6) is 0 Å². The van der Waals surface area contributed by atoms with Gasteiger partial charge in [-0.15, -0.1) is 0 Å². The molecule has 4 nitrogen and oxygen atoms in total. The first kappa shape index (κ1) is 12.9. The van der Waals surface area contributed by atoms with E-state index in [1.165, 1.54) is 4.90 Å². The van der Waals surface area contributed by atoms with Crippen molar-refractivity contribution in [3.05, 3.63) is 0 Å². The average molecular weight is 198 g/mol. The number of rotatable bonds is 4. The molecule has 1 amide bonds.